The number of rotatable bonds is 7. The molecule has 0 aliphatic carbocycles. The van der Waals surface area contributed by atoms with Gasteiger partial charge in [0.1, 0.15) is 5.78 Å². The summed E-state index contributed by atoms with van der Waals surface area (Å²) in [6, 6.07) is 0. The SMILES string of the molecule is CNCC1CCCN(CCCCC(C)=O)C1. The van der Waals surface area contributed by atoms with Gasteiger partial charge in [0.05, 0.1) is 0 Å². The molecule has 1 atom stereocenters. The van der Waals surface area contributed by atoms with Crippen LogP contribution in [-0.4, -0.2) is 43.9 Å². The molecule has 3 heteroatoms. The molecule has 3 nitrogen and oxygen atoms in total. The maximum absolute atomic E-state index is 10.8. The van der Waals surface area contributed by atoms with Gasteiger partial charge in [-0.15, -0.1) is 0 Å². The highest BCUT2D eigenvalue weighted by Crippen LogP contribution is 2.16. The second-order valence-electron chi connectivity index (χ2n) is 5.03. The Labute approximate surface area is 99.6 Å². The first kappa shape index (κ1) is 13.7. The van der Waals surface area contributed by atoms with E-state index in [1.165, 1.54) is 38.9 Å². The molecule has 1 saturated heterocycles. The van der Waals surface area contributed by atoms with Gasteiger partial charge in [0.2, 0.25) is 0 Å². The summed E-state index contributed by atoms with van der Waals surface area (Å²) >= 11 is 0. The molecule has 1 unspecified atom stereocenters. The first-order valence-corrected chi connectivity index (χ1v) is 6.58. The van der Waals surface area contributed by atoms with Crippen molar-refractivity contribution in [2.75, 3.05) is 33.2 Å². The Hall–Kier alpha value is -0.410. The van der Waals surface area contributed by atoms with Gasteiger partial charge in [-0.1, -0.05) is 0 Å². The second kappa shape index (κ2) is 7.80. The largest absolute Gasteiger partial charge is 0.319 e. The summed E-state index contributed by atoms with van der Waals surface area (Å²) in [6.07, 6.45) is 5.69. The number of hydrogen-bond donors (Lipinski definition) is 1. The van der Waals surface area contributed by atoms with Gasteiger partial charge in [0, 0.05) is 13.0 Å². The lowest BCUT2D eigenvalue weighted by Crippen LogP contribution is -2.39. The van der Waals surface area contributed by atoms with Crippen LogP contribution in [0.5, 0.6) is 0 Å². The van der Waals surface area contributed by atoms with Crippen molar-refractivity contribution in [1.82, 2.24) is 10.2 Å². The third-order valence-corrected chi connectivity index (χ3v) is 3.35. The van der Waals surface area contributed by atoms with Crippen LogP contribution in [0.25, 0.3) is 0 Å². The van der Waals surface area contributed by atoms with E-state index in [1.807, 2.05) is 7.05 Å². The average Bonchev–Trinajstić information content (AvgIpc) is 2.25. The fourth-order valence-corrected chi connectivity index (χ4v) is 2.52. The van der Waals surface area contributed by atoms with E-state index in [1.54, 1.807) is 6.92 Å². The van der Waals surface area contributed by atoms with E-state index >= 15 is 0 Å². The number of ketones is 1. The lowest BCUT2D eigenvalue weighted by Gasteiger charge is -2.32. The molecule has 1 fully saturated rings. The van der Waals surface area contributed by atoms with E-state index in [-0.39, 0.29) is 0 Å². The van der Waals surface area contributed by atoms with Crippen LogP contribution in [-0.2, 0) is 4.79 Å². The molecule has 1 N–H and O–H groups in total. The van der Waals surface area contributed by atoms with E-state index < -0.39 is 0 Å². The predicted octanol–water partition coefficient (Wildman–Crippen LogP) is 1.68. The van der Waals surface area contributed by atoms with Gasteiger partial charge >= 0.3 is 0 Å². The minimum atomic E-state index is 0.326. The zero-order valence-electron chi connectivity index (χ0n) is 10.8. The summed E-state index contributed by atoms with van der Waals surface area (Å²) in [5.74, 6) is 1.15. The summed E-state index contributed by atoms with van der Waals surface area (Å²) in [5.41, 5.74) is 0. The third kappa shape index (κ3) is 5.61. The van der Waals surface area contributed by atoms with Crippen molar-refractivity contribution < 1.29 is 4.79 Å². The lowest BCUT2D eigenvalue weighted by molar-refractivity contribution is -0.117. The molecule has 0 spiro atoms. The van der Waals surface area contributed by atoms with Crippen LogP contribution >= 0.6 is 0 Å². The summed E-state index contributed by atoms with van der Waals surface area (Å²) in [6.45, 7) is 6.49. The van der Waals surface area contributed by atoms with Gasteiger partial charge in [0.15, 0.2) is 0 Å². The topological polar surface area (TPSA) is 32.3 Å². The number of carbonyl (C=O) groups is 1. The molecule has 0 aromatic rings. The van der Waals surface area contributed by atoms with Gasteiger partial charge < -0.3 is 15.0 Å². The molecule has 0 radical (unpaired) electrons. The maximum Gasteiger partial charge on any atom is 0.129 e. The van der Waals surface area contributed by atoms with Crippen LogP contribution in [0.15, 0.2) is 0 Å². The van der Waals surface area contributed by atoms with Crippen LogP contribution in [0.2, 0.25) is 0 Å². The minimum Gasteiger partial charge on any atom is -0.319 e. The van der Waals surface area contributed by atoms with Crippen molar-refractivity contribution in [2.24, 2.45) is 5.92 Å². The van der Waals surface area contributed by atoms with Gasteiger partial charge in [-0.3, -0.25) is 0 Å². The van der Waals surface area contributed by atoms with E-state index in [0.717, 1.165) is 25.3 Å². The summed E-state index contributed by atoms with van der Waals surface area (Å²) < 4.78 is 0. The van der Waals surface area contributed by atoms with Crippen molar-refractivity contribution in [3.05, 3.63) is 0 Å². The molecule has 0 saturated carbocycles. The van der Waals surface area contributed by atoms with Gasteiger partial charge in [0.25, 0.3) is 0 Å². The van der Waals surface area contributed by atoms with Crippen LogP contribution < -0.4 is 5.32 Å². The summed E-state index contributed by atoms with van der Waals surface area (Å²) in [7, 11) is 2.03. The third-order valence-electron chi connectivity index (χ3n) is 3.35. The Balaban J connectivity index is 2.09. The van der Waals surface area contributed by atoms with Crippen LogP contribution in [0, 0.1) is 5.92 Å². The number of nitrogens with one attached hydrogen (secondary N) is 1. The molecule has 0 aromatic heterocycles. The molecule has 0 bridgehead atoms. The number of Topliss-reactive ketones (excluding diaryl/α,β-unsaturated/α-hetero) is 1. The van der Waals surface area contributed by atoms with E-state index in [0.29, 0.717) is 5.78 Å². The smallest absolute Gasteiger partial charge is 0.129 e. The molecule has 0 amide bonds. The Morgan fingerprint density at radius 1 is 1.44 bits per heavy atom. The first-order chi connectivity index (χ1) is 7.72. The monoisotopic (exact) mass is 226 g/mol. The first-order valence-electron chi connectivity index (χ1n) is 6.58. The van der Waals surface area contributed by atoms with Gasteiger partial charge in [-0.2, -0.15) is 0 Å². The maximum atomic E-state index is 10.8. The normalized spacial score (nSPS) is 22.2. The quantitative estimate of drug-likeness (QED) is 0.670. The highest BCUT2D eigenvalue weighted by atomic mass is 16.1. The van der Waals surface area contributed by atoms with Crippen molar-refractivity contribution in [2.45, 2.75) is 39.0 Å². The minimum absolute atomic E-state index is 0.326. The van der Waals surface area contributed by atoms with Crippen molar-refractivity contribution >= 4 is 5.78 Å². The van der Waals surface area contributed by atoms with E-state index in [9.17, 15) is 4.79 Å². The number of piperidine rings is 1. The number of nitrogens with zero attached hydrogens (tertiary/aromatic N) is 1. The Bertz CT molecular complexity index is 204. The standard InChI is InChI=1S/C13H26N2O/c1-12(16)6-3-4-8-15-9-5-7-13(11-15)10-14-2/h13-14H,3-11H2,1-2H3. The molecule has 1 aliphatic rings. The highest BCUT2D eigenvalue weighted by Gasteiger charge is 2.18. The highest BCUT2D eigenvalue weighted by molar-refractivity contribution is 5.75. The fourth-order valence-electron chi connectivity index (χ4n) is 2.52. The van der Waals surface area contributed by atoms with Crippen molar-refractivity contribution in [1.29, 1.82) is 0 Å². The van der Waals surface area contributed by atoms with Crippen LogP contribution in [0.1, 0.15) is 39.0 Å². The molecule has 1 rings (SSSR count). The fraction of sp³-hybridized carbons (Fsp3) is 0.923. The van der Waals surface area contributed by atoms with E-state index in [2.05, 4.69) is 10.2 Å². The van der Waals surface area contributed by atoms with Crippen molar-refractivity contribution in [3.63, 3.8) is 0 Å². The van der Waals surface area contributed by atoms with Crippen LogP contribution in [0.3, 0.4) is 0 Å². The Morgan fingerprint density at radius 3 is 2.94 bits per heavy atom. The number of unbranched alkanes of at least 4 members (excludes halogenated alkanes) is 1. The predicted molar refractivity (Wildman–Crippen MR) is 67.6 cm³/mol. The number of carbonyl (C=O) groups excluding carboxylic acids is 1. The van der Waals surface area contributed by atoms with Gasteiger partial charge in [-0.25, -0.2) is 0 Å². The number of likely N-dealkylation sites (tertiary alicyclic amines) is 1. The Morgan fingerprint density at radius 2 is 2.25 bits per heavy atom. The molecule has 16 heavy (non-hydrogen) atoms. The molecular formula is C13H26N2O. The average molecular weight is 226 g/mol. The molecule has 94 valence electrons. The molecule has 0 aromatic carbocycles. The Kier molecular flexibility index (Phi) is 6.65. The van der Waals surface area contributed by atoms with Crippen LogP contribution in [0.4, 0.5) is 0 Å². The van der Waals surface area contributed by atoms with Crippen molar-refractivity contribution in [3.8, 4) is 0 Å². The lowest BCUT2D eigenvalue weighted by atomic mass is 9.98. The summed E-state index contributed by atoms with van der Waals surface area (Å²) in [5, 5.41) is 3.27. The molecular weight excluding hydrogens is 200 g/mol. The molecule has 1 aliphatic heterocycles. The van der Waals surface area contributed by atoms with E-state index in [4.69, 9.17) is 0 Å². The summed E-state index contributed by atoms with van der Waals surface area (Å²) in [4.78, 5) is 13.4. The second-order valence-corrected chi connectivity index (χ2v) is 5.03. The zero-order valence-corrected chi connectivity index (χ0v) is 10.8. The molecule has 1 heterocycles. The zero-order chi connectivity index (χ0) is 11.8. The van der Waals surface area contributed by atoms with Gasteiger partial charge in [-0.05, 0) is 65.2 Å². The number of hydrogen-bond acceptors (Lipinski definition) is 3.